The minimum Gasteiger partial charge on any atom is -0.353 e. The number of aromatic nitrogens is 1. The monoisotopic (exact) mass is 216 g/mol. The van der Waals surface area contributed by atoms with Crippen LogP contribution in [0.1, 0.15) is 19.5 Å². The highest BCUT2D eigenvalue weighted by Crippen LogP contribution is 2.31. The summed E-state index contributed by atoms with van der Waals surface area (Å²) in [7, 11) is 2.15. The van der Waals surface area contributed by atoms with Gasteiger partial charge in [-0.05, 0) is 0 Å². The summed E-state index contributed by atoms with van der Waals surface area (Å²) in [5.74, 6) is 0. The van der Waals surface area contributed by atoms with Crippen LogP contribution >= 0.6 is 0 Å². The normalized spacial score (nSPS) is 25.6. The first kappa shape index (κ1) is 9.70. The van der Waals surface area contributed by atoms with E-state index in [1.165, 1.54) is 5.69 Å². The molecule has 0 radical (unpaired) electrons. The maximum absolute atomic E-state index is 2.41. The molecule has 0 spiro atoms. The van der Waals surface area contributed by atoms with Crippen molar-refractivity contribution in [2.45, 2.75) is 32.1 Å². The number of rotatable bonds is 0. The number of nitrogens with zero attached hydrogens (tertiary/aromatic N) is 3. The molecular formula is C13H18N3+. The van der Waals surface area contributed by atoms with Crippen LogP contribution in [0.2, 0.25) is 0 Å². The van der Waals surface area contributed by atoms with Gasteiger partial charge in [-0.1, -0.05) is 6.07 Å². The van der Waals surface area contributed by atoms with Gasteiger partial charge in [0.1, 0.15) is 6.54 Å². The SMILES string of the molecule is CN1C=CN2Cc3cccc[n+]3C(C)(C)C12. The number of hydrogen-bond acceptors (Lipinski definition) is 2. The average Bonchev–Trinajstić information content (AvgIpc) is 2.61. The maximum atomic E-state index is 2.41. The molecule has 0 saturated heterocycles. The van der Waals surface area contributed by atoms with E-state index in [1.54, 1.807) is 0 Å². The second-order valence-corrected chi connectivity index (χ2v) is 5.23. The fraction of sp³-hybridized carbons (Fsp3) is 0.462. The predicted molar refractivity (Wildman–Crippen MR) is 62.2 cm³/mol. The van der Waals surface area contributed by atoms with Gasteiger partial charge in [0, 0.05) is 45.4 Å². The lowest BCUT2D eigenvalue weighted by atomic mass is 9.95. The Hall–Kier alpha value is -1.51. The first-order valence-corrected chi connectivity index (χ1v) is 5.77. The van der Waals surface area contributed by atoms with Gasteiger partial charge in [0.2, 0.25) is 11.2 Å². The lowest BCUT2D eigenvalue weighted by Gasteiger charge is -2.41. The fourth-order valence-electron chi connectivity index (χ4n) is 3.11. The summed E-state index contributed by atoms with van der Waals surface area (Å²) in [5.41, 5.74) is 1.47. The van der Waals surface area contributed by atoms with Crippen LogP contribution in [-0.2, 0) is 12.1 Å². The Morgan fingerprint density at radius 1 is 1.31 bits per heavy atom. The molecule has 3 rings (SSSR count). The van der Waals surface area contributed by atoms with Crippen LogP contribution in [-0.4, -0.2) is 23.0 Å². The summed E-state index contributed by atoms with van der Waals surface area (Å²) in [4.78, 5) is 4.71. The van der Waals surface area contributed by atoms with Crippen LogP contribution in [0.3, 0.4) is 0 Å². The molecule has 1 aromatic rings. The molecule has 3 heteroatoms. The quantitative estimate of drug-likeness (QED) is 0.605. The molecule has 0 saturated carbocycles. The van der Waals surface area contributed by atoms with E-state index in [2.05, 4.69) is 72.1 Å². The number of likely N-dealkylation sites (N-methyl/N-ethyl adjacent to an activating group) is 1. The van der Waals surface area contributed by atoms with Gasteiger partial charge >= 0.3 is 0 Å². The van der Waals surface area contributed by atoms with Gasteiger partial charge < -0.3 is 9.80 Å². The topological polar surface area (TPSA) is 10.4 Å². The molecule has 0 fully saturated rings. The molecule has 1 atom stereocenters. The van der Waals surface area contributed by atoms with Crippen molar-refractivity contribution in [1.29, 1.82) is 0 Å². The van der Waals surface area contributed by atoms with E-state index in [0.29, 0.717) is 6.17 Å². The highest BCUT2D eigenvalue weighted by atomic mass is 15.4. The Kier molecular flexibility index (Phi) is 1.82. The van der Waals surface area contributed by atoms with Crippen molar-refractivity contribution in [2.24, 2.45) is 0 Å². The second kappa shape index (κ2) is 3.00. The molecule has 84 valence electrons. The van der Waals surface area contributed by atoms with Crippen LogP contribution in [0.15, 0.2) is 36.8 Å². The Balaban J connectivity index is 2.14. The molecule has 2 aliphatic heterocycles. The van der Waals surface area contributed by atoms with E-state index >= 15 is 0 Å². The summed E-state index contributed by atoms with van der Waals surface area (Å²) in [6.45, 7) is 5.60. The predicted octanol–water partition coefficient (Wildman–Crippen LogP) is 1.27. The van der Waals surface area contributed by atoms with E-state index in [-0.39, 0.29) is 5.54 Å². The van der Waals surface area contributed by atoms with Crippen molar-refractivity contribution in [3.05, 3.63) is 42.5 Å². The molecule has 0 aliphatic carbocycles. The Morgan fingerprint density at radius 2 is 2.12 bits per heavy atom. The molecule has 0 amide bonds. The van der Waals surface area contributed by atoms with Gasteiger partial charge in [-0.3, -0.25) is 0 Å². The lowest BCUT2D eigenvalue weighted by molar-refractivity contribution is -0.780. The van der Waals surface area contributed by atoms with Crippen molar-refractivity contribution in [2.75, 3.05) is 7.05 Å². The minimum atomic E-state index is 0.0904. The summed E-state index contributed by atoms with van der Waals surface area (Å²) in [6.07, 6.45) is 6.98. The van der Waals surface area contributed by atoms with Gasteiger partial charge in [0.25, 0.3) is 0 Å². The van der Waals surface area contributed by atoms with Crippen molar-refractivity contribution >= 4 is 0 Å². The zero-order valence-corrected chi connectivity index (χ0v) is 10.1. The van der Waals surface area contributed by atoms with Crippen molar-refractivity contribution in [1.82, 2.24) is 9.80 Å². The van der Waals surface area contributed by atoms with Gasteiger partial charge in [-0.2, -0.15) is 4.57 Å². The Bertz CT molecular complexity index is 450. The molecule has 0 bridgehead atoms. The maximum Gasteiger partial charge on any atom is 0.201 e. The highest BCUT2D eigenvalue weighted by Gasteiger charge is 2.50. The molecule has 0 N–H and O–H groups in total. The standard InChI is InChI=1S/C13H18N3/c1-13(2)12-14(3)8-9-15(12)10-11-6-4-5-7-16(11)13/h4-9,12H,10H2,1-3H3/q+1. The average molecular weight is 216 g/mol. The van der Waals surface area contributed by atoms with Crippen molar-refractivity contribution < 1.29 is 4.57 Å². The number of pyridine rings is 1. The fourth-order valence-corrected chi connectivity index (χ4v) is 3.11. The van der Waals surface area contributed by atoms with Crippen LogP contribution in [0.4, 0.5) is 0 Å². The van der Waals surface area contributed by atoms with Gasteiger partial charge in [-0.25, -0.2) is 0 Å². The van der Waals surface area contributed by atoms with Crippen molar-refractivity contribution in [3.8, 4) is 0 Å². The third kappa shape index (κ3) is 1.11. The van der Waals surface area contributed by atoms with Crippen LogP contribution < -0.4 is 4.57 Å². The van der Waals surface area contributed by atoms with Crippen LogP contribution in [0, 0.1) is 0 Å². The van der Waals surface area contributed by atoms with E-state index in [9.17, 15) is 0 Å². The summed E-state index contributed by atoms with van der Waals surface area (Å²) < 4.78 is 2.40. The molecule has 16 heavy (non-hydrogen) atoms. The first-order valence-electron chi connectivity index (χ1n) is 5.77. The van der Waals surface area contributed by atoms with Crippen LogP contribution in [0.5, 0.6) is 0 Å². The molecule has 3 nitrogen and oxygen atoms in total. The molecule has 3 heterocycles. The number of fused-ring (bicyclic) bond motifs is 2. The summed E-state index contributed by atoms with van der Waals surface area (Å²) in [5, 5.41) is 0. The minimum absolute atomic E-state index is 0.0904. The summed E-state index contributed by atoms with van der Waals surface area (Å²) >= 11 is 0. The molecular weight excluding hydrogens is 198 g/mol. The van der Waals surface area contributed by atoms with Gasteiger partial charge in [0.15, 0.2) is 12.4 Å². The third-order valence-corrected chi connectivity index (χ3v) is 3.73. The number of hydrogen-bond donors (Lipinski definition) is 0. The summed E-state index contributed by atoms with van der Waals surface area (Å²) in [6, 6.07) is 6.44. The van der Waals surface area contributed by atoms with Crippen LogP contribution in [0.25, 0.3) is 0 Å². The second-order valence-electron chi connectivity index (χ2n) is 5.23. The van der Waals surface area contributed by atoms with Gasteiger partial charge in [0.05, 0.1) is 0 Å². The van der Waals surface area contributed by atoms with E-state index in [1.807, 2.05) is 0 Å². The van der Waals surface area contributed by atoms with E-state index in [0.717, 1.165) is 6.54 Å². The highest BCUT2D eigenvalue weighted by molar-refractivity contribution is 5.08. The van der Waals surface area contributed by atoms with E-state index < -0.39 is 0 Å². The lowest BCUT2D eigenvalue weighted by Crippen LogP contribution is -2.70. The smallest absolute Gasteiger partial charge is 0.201 e. The van der Waals surface area contributed by atoms with Crippen molar-refractivity contribution in [3.63, 3.8) is 0 Å². The molecule has 1 unspecified atom stereocenters. The zero-order valence-electron chi connectivity index (χ0n) is 10.1. The van der Waals surface area contributed by atoms with E-state index in [4.69, 9.17) is 0 Å². The van der Waals surface area contributed by atoms with Gasteiger partial charge in [-0.15, -0.1) is 0 Å². The first-order chi connectivity index (χ1) is 7.60. The Labute approximate surface area is 96.6 Å². The Morgan fingerprint density at radius 3 is 2.94 bits per heavy atom. The zero-order chi connectivity index (χ0) is 11.3. The molecule has 2 aliphatic rings. The third-order valence-electron chi connectivity index (χ3n) is 3.73. The largest absolute Gasteiger partial charge is 0.353 e. The molecule has 0 aromatic carbocycles. The molecule has 1 aromatic heterocycles.